The highest BCUT2D eigenvalue weighted by molar-refractivity contribution is 5.69. The minimum absolute atomic E-state index is 0.0151. The highest BCUT2D eigenvalue weighted by Gasteiger charge is 2.54. The van der Waals surface area contributed by atoms with Crippen LogP contribution in [-0.2, 0) is 30.3 Å². The summed E-state index contributed by atoms with van der Waals surface area (Å²) in [6, 6.07) is 9.61. The lowest BCUT2D eigenvalue weighted by atomic mass is 10.0. The average molecular weight is 350 g/mol. The Labute approximate surface area is 148 Å². The van der Waals surface area contributed by atoms with Crippen molar-refractivity contribution in [2.24, 2.45) is 5.92 Å². The molecule has 6 heteroatoms. The Balaban J connectivity index is 1.56. The van der Waals surface area contributed by atoms with Crippen molar-refractivity contribution in [2.45, 2.75) is 57.4 Å². The average Bonchev–Trinajstić information content (AvgIpc) is 3.06. The van der Waals surface area contributed by atoms with Crippen molar-refractivity contribution < 1.29 is 28.8 Å². The lowest BCUT2D eigenvalue weighted by molar-refractivity contribution is -0.174. The summed E-state index contributed by atoms with van der Waals surface area (Å²) < 4.78 is 23.0. The van der Waals surface area contributed by atoms with Gasteiger partial charge in [0, 0.05) is 5.92 Å². The van der Waals surface area contributed by atoms with Gasteiger partial charge in [-0.3, -0.25) is 4.79 Å². The first kappa shape index (κ1) is 18.3. The highest BCUT2D eigenvalue weighted by Crippen LogP contribution is 2.44. The SMILES string of the molecule is CC1(C)O[C@H]2[C@H](CC(=O)OCc3ccccc3)C[C@H](OCCO)[C@H]2O1. The molecule has 1 aromatic rings. The summed E-state index contributed by atoms with van der Waals surface area (Å²) >= 11 is 0. The molecule has 25 heavy (non-hydrogen) atoms. The fraction of sp³-hybridized carbons (Fsp3) is 0.632. The van der Waals surface area contributed by atoms with E-state index in [1.807, 2.05) is 44.2 Å². The molecular formula is C19H26O6. The minimum Gasteiger partial charge on any atom is -0.461 e. The summed E-state index contributed by atoms with van der Waals surface area (Å²) in [5, 5.41) is 8.99. The largest absolute Gasteiger partial charge is 0.461 e. The van der Waals surface area contributed by atoms with Gasteiger partial charge in [0.2, 0.25) is 0 Å². The van der Waals surface area contributed by atoms with Crippen molar-refractivity contribution >= 4 is 5.97 Å². The van der Waals surface area contributed by atoms with Crippen LogP contribution in [0.25, 0.3) is 0 Å². The zero-order chi connectivity index (χ0) is 17.9. The van der Waals surface area contributed by atoms with E-state index in [4.69, 9.17) is 24.1 Å². The van der Waals surface area contributed by atoms with Crippen molar-refractivity contribution in [3.63, 3.8) is 0 Å². The predicted octanol–water partition coefficient (Wildman–Crippen LogP) is 2.04. The summed E-state index contributed by atoms with van der Waals surface area (Å²) in [5.74, 6) is -0.953. The topological polar surface area (TPSA) is 74.2 Å². The van der Waals surface area contributed by atoms with Gasteiger partial charge in [-0.1, -0.05) is 30.3 Å². The number of esters is 1. The monoisotopic (exact) mass is 350 g/mol. The van der Waals surface area contributed by atoms with Crippen LogP contribution in [0.5, 0.6) is 0 Å². The van der Waals surface area contributed by atoms with Gasteiger partial charge in [-0.2, -0.15) is 0 Å². The number of fused-ring (bicyclic) bond motifs is 1. The molecular weight excluding hydrogens is 324 g/mol. The second-order valence-electron chi connectivity index (χ2n) is 7.04. The Kier molecular flexibility index (Phi) is 5.74. The van der Waals surface area contributed by atoms with E-state index in [2.05, 4.69) is 0 Å². The molecule has 2 fully saturated rings. The third-order valence-electron chi connectivity index (χ3n) is 4.62. The number of benzene rings is 1. The van der Waals surface area contributed by atoms with Crippen LogP contribution in [0.2, 0.25) is 0 Å². The van der Waals surface area contributed by atoms with Crippen LogP contribution in [0.4, 0.5) is 0 Å². The molecule has 1 saturated heterocycles. The van der Waals surface area contributed by atoms with Crippen LogP contribution >= 0.6 is 0 Å². The molecule has 0 bridgehead atoms. The molecule has 1 aromatic carbocycles. The molecule has 1 heterocycles. The predicted molar refractivity (Wildman–Crippen MR) is 89.6 cm³/mol. The van der Waals surface area contributed by atoms with Crippen LogP contribution in [0, 0.1) is 5.92 Å². The van der Waals surface area contributed by atoms with Gasteiger partial charge in [-0.15, -0.1) is 0 Å². The van der Waals surface area contributed by atoms with Gasteiger partial charge in [0.15, 0.2) is 5.79 Å². The lowest BCUT2D eigenvalue weighted by Gasteiger charge is -2.23. The van der Waals surface area contributed by atoms with Gasteiger partial charge in [-0.25, -0.2) is 0 Å². The maximum Gasteiger partial charge on any atom is 0.306 e. The fourth-order valence-electron chi connectivity index (χ4n) is 3.61. The third kappa shape index (κ3) is 4.58. The Bertz CT molecular complexity index is 573. The number of aliphatic hydroxyl groups excluding tert-OH is 1. The second kappa shape index (κ2) is 7.83. The van der Waals surface area contributed by atoms with Crippen LogP contribution < -0.4 is 0 Å². The zero-order valence-corrected chi connectivity index (χ0v) is 14.7. The molecule has 0 radical (unpaired) electrons. The molecule has 138 valence electrons. The molecule has 0 aromatic heterocycles. The van der Waals surface area contributed by atoms with E-state index in [0.717, 1.165) is 5.56 Å². The van der Waals surface area contributed by atoms with E-state index in [1.54, 1.807) is 0 Å². The Morgan fingerprint density at radius 2 is 1.96 bits per heavy atom. The number of aliphatic hydroxyl groups is 1. The summed E-state index contributed by atoms with van der Waals surface area (Å²) in [7, 11) is 0. The number of carbonyl (C=O) groups excluding carboxylic acids is 1. The third-order valence-corrected chi connectivity index (χ3v) is 4.62. The summed E-state index contributed by atoms with van der Waals surface area (Å²) in [5.41, 5.74) is 0.964. The van der Waals surface area contributed by atoms with Crippen molar-refractivity contribution in [2.75, 3.05) is 13.2 Å². The highest BCUT2D eigenvalue weighted by atomic mass is 16.8. The quantitative estimate of drug-likeness (QED) is 0.759. The molecule has 0 amide bonds. The Morgan fingerprint density at radius 1 is 1.24 bits per heavy atom. The van der Waals surface area contributed by atoms with Gasteiger partial charge in [0.25, 0.3) is 0 Å². The van der Waals surface area contributed by atoms with E-state index < -0.39 is 5.79 Å². The number of hydrogen-bond donors (Lipinski definition) is 1. The normalized spacial score (nSPS) is 30.2. The van der Waals surface area contributed by atoms with Gasteiger partial charge < -0.3 is 24.1 Å². The first-order valence-electron chi connectivity index (χ1n) is 8.76. The van der Waals surface area contributed by atoms with Gasteiger partial charge >= 0.3 is 5.97 Å². The first-order valence-corrected chi connectivity index (χ1v) is 8.76. The number of ether oxygens (including phenoxy) is 4. The van der Waals surface area contributed by atoms with Crippen molar-refractivity contribution in [3.8, 4) is 0 Å². The number of rotatable bonds is 7. The van der Waals surface area contributed by atoms with Crippen LogP contribution in [-0.4, -0.2) is 48.4 Å². The first-order chi connectivity index (χ1) is 12.0. The molecule has 0 spiro atoms. The van der Waals surface area contributed by atoms with Gasteiger partial charge in [0.05, 0.1) is 31.8 Å². The maximum atomic E-state index is 12.2. The maximum absolute atomic E-state index is 12.2. The van der Waals surface area contributed by atoms with Crippen LogP contribution in [0.3, 0.4) is 0 Å². The summed E-state index contributed by atoms with van der Waals surface area (Å²) in [4.78, 5) is 12.2. The molecule has 0 unspecified atom stereocenters. The fourth-order valence-corrected chi connectivity index (χ4v) is 3.61. The van der Waals surface area contributed by atoms with Crippen LogP contribution in [0.1, 0.15) is 32.3 Å². The number of hydrogen-bond acceptors (Lipinski definition) is 6. The molecule has 4 atom stereocenters. The van der Waals surface area contributed by atoms with Gasteiger partial charge in [0.1, 0.15) is 12.7 Å². The summed E-state index contributed by atoms with van der Waals surface area (Å²) in [6.07, 6.45) is 0.348. The van der Waals surface area contributed by atoms with E-state index >= 15 is 0 Å². The molecule has 1 N–H and O–H groups in total. The smallest absolute Gasteiger partial charge is 0.306 e. The van der Waals surface area contributed by atoms with E-state index in [0.29, 0.717) is 6.42 Å². The molecule has 6 nitrogen and oxygen atoms in total. The molecule has 1 aliphatic heterocycles. The van der Waals surface area contributed by atoms with E-state index in [9.17, 15) is 4.79 Å². The van der Waals surface area contributed by atoms with Crippen molar-refractivity contribution in [3.05, 3.63) is 35.9 Å². The Morgan fingerprint density at radius 3 is 2.68 bits per heavy atom. The molecule has 1 saturated carbocycles. The molecule has 2 aliphatic rings. The summed E-state index contributed by atoms with van der Waals surface area (Å²) in [6.45, 7) is 4.21. The van der Waals surface area contributed by atoms with Gasteiger partial charge in [-0.05, 0) is 25.8 Å². The molecule has 1 aliphatic carbocycles. The van der Waals surface area contributed by atoms with E-state index in [1.165, 1.54) is 0 Å². The van der Waals surface area contributed by atoms with Crippen molar-refractivity contribution in [1.29, 1.82) is 0 Å². The second-order valence-corrected chi connectivity index (χ2v) is 7.04. The minimum atomic E-state index is -0.692. The Hall–Kier alpha value is -1.47. The standard InChI is InChI=1S/C19H26O6/c1-19(2)24-17-14(10-15(18(17)25-19)22-9-8-20)11-16(21)23-12-13-6-4-3-5-7-13/h3-7,14-15,17-18,20H,8-12H2,1-2H3/t14-,15-,17-,18+/m0/s1. The number of carbonyl (C=O) groups is 1. The van der Waals surface area contributed by atoms with Crippen molar-refractivity contribution in [1.82, 2.24) is 0 Å². The van der Waals surface area contributed by atoms with E-state index in [-0.39, 0.29) is 56.4 Å². The molecule has 3 rings (SSSR count). The van der Waals surface area contributed by atoms with Crippen LogP contribution in [0.15, 0.2) is 30.3 Å². The lowest BCUT2D eigenvalue weighted by Crippen LogP contribution is -2.31. The zero-order valence-electron chi connectivity index (χ0n) is 14.7.